The topological polar surface area (TPSA) is 95.4 Å². The lowest BCUT2D eigenvalue weighted by atomic mass is 9.95. The maximum absolute atomic E-state index is 12.3. The summed E-state index contributed by atoms with van der Waals surface area (Å²) in [6.45, 7) is 3.21. The van der Waals surface area contributed by atoms with Gasteiger partial charge in [0.1, 0.15) is 11.6 Å². The fourth-order valence-electron chi connectivity index (χ4n) is 4.46. The van der Waals surface area contributed by atoms with E-state index in [0.29, 0.717) is 33.7 Å². The number of hydrogen-bond donors (Lipinski definition) is 1. The highest BCUT2D eigenvalue weighted by Gasteiger charge is 2.49. The minimum atomic E-state index is -0.154. The molecular formula is C24H23N5O2. The molecule has 156 valence electrons. The third-order valence-electron chi connectivity index (χ3n) is 6.06. The number of ketones is 1. The van der Waals surface area contributed by atoms with Gasteiger partial charge in [0.25, 0.3) is 0 Å². The van der Waals surface area contributed by atoms with Crippen molar-refractivity contribution in [2.75, 3.05) is 7.11 Å². The van der Waals surface area contributed by atoms with E-state index in [0.717, 1.165) is 24.2 Å². The van der Waals surface area contributed by atoms with E-state index in [-0.39, 0.29) is 11.2 Å². The lowest BCUT2D eigenvalue weighted by Gasteiger charge is -2.17. The average molecular weight is 413 g/mol. The first-order valence-corrected chi connectivity index (χ1v) is 10.2. The van der Waals surface area contributed by atoms with Crippen LogP contribution in [0.3, 0.4) is 0 Å². The number of methoxy groups -OCH3 is 1. The lowest BCUT2D eigenvalue weighted by molar-refractivity contribution is -0.111. The number of carbonyl (C=O) groups excluding carboxylic acids is 1. The summed E-state index contributed by atoms with van der Waals surface area (Å²) >= 11 is 0. The largest absolute Gasteiger partial charge is 0.496 e. The van der Waals surface area contributed by atoms with Crippen LogP contribution in [-0.2, 0) is 10.2 Å². The number of nitrogens with zero attached hydrogens (tertiary/aromatic N) is 4. The SMILES string of the molecule is COc1cc2c(cc1C(C(C)=O)=C(C)N)ncc1nnc(C3(c4ccccc4)CC3)n12. The van der Waals surface area contributed by atoms with Gasteiger partial charge in [0.15, 0.2) is 11.4 Å². The van der Waals surface area contributed by atoms with Gasteiger partial charge in [0.05, 0.1) is 29.8 Å². The second-order valence-corrected chi connectivity index (χ2v) is 8.08. The van der Waals surface area contributed by atoms with Crippen molar-refractivity contribution < 1.29 is 9.53 Å². The number of nitrogens with two attached hydrogens (primary N) is 1. The summed E-state index contributed by atoms with van der Waals surface area (Å²) in [4.78, 5) is 16.9. The third-order valence-corrected chi connectivity index (χ3v) is 6.06. The summed E-state index contributed by atoms with van der Waals surface area (Å²) in [6, 6.07) is 14.2. The standard InChI is InChI=1S/C24H23N5O2/c1-14(25)22(15(2)30)17-11-18-19(12-20(17)31-3)29-21(13-26-18)27-28-23(29)24(9-10-24)16-7-5-4-6-8-16/h4-8,11-13H,9-10,25H2,1-3H3. The van der Waals surface area contributed by atoms with Crippen molar-refractivity contribution in [1.82, 2.24) is 19.6 Å². The maximum atomic E-state index is 12.3. The van der Waals surface area contributed by atoms with Gasteiger partial charge in [-0.3, -0.25) is 14.2 Å². The normalized spacial score (nSPS) is 15.7. The zero-order valence-corrected chi connectivity index (χ0v) is 17.7. The van der Waals surface area contributed by atoms with Crippen molar-refractivity contribution in [3.63, 3.8) is 0 Å². The zero-order chi connectivity index (χ0) is 21.8. The molecule has 2 aromatic carbocycles. The van der Waals surface area contributed by atoms with Crippen LogP contribution in [0.4, 0.5) is 0 Å². The number of ether oxygens (including phenoxy) is 1. The highest BCUT2D eigenvalue weighted by molar-refractivity contribution is 6.21. The van der Waals surface area contributed by atoms with E-state index < -0.39 is 0 Å². The predicted octanol–water partition coefficient (Wildman–Crippen LogP) is 3.64. The van der Waals surface area contributed by atoms with Crippen LogP contribution in [0.1, 0.15) is 43.6 Å². The Kier molecular flexibility index (Phi) is 4.28. The van der Waals surface area contributed by atoms with Gasteiger partial charge in [0.2, 0.25) is 0 Å². The second-order valence-electron chi connectivity index (χ2n) is 8.08. The molecule has 0 radical (unpaired) electrons. The number of Topliss-reactive ketones (excluding diaryl/α,β-unsaturated/α-hetero) is 1. The van der Waals surface area contributed by atoms with Crippen molar-refractivity contribution in [3.8, 4) is 5.75 Å². The lowest BCUT2D eigenvalue weighted by Crippen LogP contribution is -2.14. The van der Waals surface area contributed by atoms with Crippen LogP contribution in [-0.4, -0.2) is 32.5 Å². The Morgan fingerprint density at radius 3 is 2.48 bits per heavy atom. The Hall–Kier alpha value is -3.74. The number of hydrogen-bond acceptors (Lipinski definition) is 6. The minimum Gasteiger partial charge on any atom is -0.496 e. The molecule has 0 unspecified atom stereocenters. The molecule has 0 spiro atoms. The molecule has 31 heavy (non-hydrogen) atoms. The molecule has 7 heteroatoms. The van der Waals surface area contributed by atoms with E-state index in [1.165, 1.54) is 12.5 Å². The molecule has 1 aliphatic rings. The van der Waals surface area contributed by atoms with Crippen LogP contribution in [0.25, 0.3) is 22.3 Å². The van der Waals surface area contributed by atoms with Crippen LogP contribution >= 0.6 is 0 Å². The van der Waals surface area contributed by atoms with Crippen molar-refractivity contribution in [3.05, 3.63) is 71.3 Å². The van der Waals surface area contributed by atoms with E-state index in [1.807, 2.05) is 18.2 Å². The molecule has 2 aromatic heterocycles. The summed E-state index contributed by atoms with van der Waals surface area (Å²) < 4.78 is 7.72. The number of benzene rings is 2. The van der Waals surface area contributed by atoms with Gasteiger partial charge in [-0.2, -0.15) is 0 Å². The van der Waals surface area contributed by atoms with Gasteiger partial charge >= 0.3 is 0 Å². The van der Waals surface area contributed by atoms with Crippen molar-refractivity contribution >= 4 is 28.0 Å². The number of fused-ring (bicyclic) bond motifs is 3. The first kappa shape index (κ1) is 19.2. The molecule has 4 aromatic rings. The van der Waals surface area contributed by atoms with Crippen LogP contribution in [0.15, 0.2) is 54.4 Å². The fourth-order valence-corrected chi connectivity index (χ4v) is 4.46. The summed E-state index contributed by atoms with van der Waals surface area (Å²) in [5, 5.41) is 8.97. The molecule has 1 aliphatic carbocycles. The van der Waals surface area contributed by atoms with Crippen LogP contribution in [0.2, 0.25) is 0 Å². The van der Waals surface area contributed by atoms with Gasteiger partial charge in [-0.1, -0.05) is 30.3 Å². The van der Waals surface area contributed by atoms with E-state index in [4.69, 9.17) is 10.5 Å². The quantitative estimate of drug-likeness (QED) is 0.502. The Balaban J connectivity index is 1.80. The molecular weight excluding hydrogens is 390 g/mol. The predicted molar refractivity (Wildman–Crippen MR) is 119 cm³/mol. The monoisotopic (exact) mass is 413 g/mol. The zero-order valence-electron chi connectivity index (χ0n) is 17.7. The molecule has 5 rings (SSSR count). The van der Waals surface area contributed by atoms with Gasteiger partial charge in [-0.15, -0.1) is 10.2 Å². The molecule has 0 amide bonds. The first-order chi connectivity index (χ1) is 15.0. The van der Waals surface area contributed by atoms with Crippen molar-refractivity contribution in [2.24, 2.45) is 5.73 Å². The van der Waals surface area contributed by atoms with Crippen molar-refractivity contribution in [2.45, 2.75) is 32.1 Å². The summed E-state index contributed by atoms with van der Waals surface area (Å²) in [5.41, 5.74) is 10.8. The van der Waals surface area contributed by atoms with Gasteiger partial charge in [-0.05, 0) is 38.3 Å². The van der Waals surface area contributed by atoms with Crippen LogP contribution in [0.5, 0.6) is 5.75 Å². The highest BCUT2D eigenvalue weighted by atomic mass is 16.5. The maximum Gasteiger partial charge on any atom is 0.179 e. The van der Waals surface area contributed by atoms with E-state index in [1.54, 1.807) is 20.2 Å². The van der Waals surface area contributed by atoms with E-state index in [9.17, 15) is 4.79 Å². The smallest absolute Gasteiger partial charge is 0.179 e. The second kappa shape index (κ2) is 6.91. The highest BCUT2D eigenvalue weighted by Crippen LogP contribution is 2.53. The molecule has 1 fully saturated rings. The molecule has 2 N–H and O–H groups in total. The first-order valence-electron chi connectivity index (χ1n) is 10.2. The summed E-state index contributed by atoms with van der Waals surface area (Å²) in [6.07, 6.45) is 3.74. The fraction of sp³-hybridized carbons (Fsp3) is 0.250. The number of allylic oxidation sites excluding steroid dienone is 2. The Morgan fingerprint density at radius 2 is 1.87 bits per heavy atom. The van der Waals surface area contributed by atoms with Gasteiger partial charge in [0, 0.05) is 22.9 Å². The molecule has 7 nitrogen and oxygen atoms in total. The molecule has 2 heterocycles. The summed E-state index contributed by atoms with van der Waals surface area (Å²) in [7, 11) is 1.58. The van der Waals surface area contributed by atoms with E-state index in [2.05, 4.69) is 43.8 Å². The Morgan fingerprint density at radius 1 is 1.13 bits per heavy atom. The Bertz CT molecular complexity index is 1360. The van der Waals surface area contributed by atoms with Crippen molar-refractivity contribution in [1.29, 1.82) is 0 Å². The van der Waals surface area contributed by atoms with Gasteiger partial charge < -0.3 is 10.5 Å². The number of rotatable bonds is 5. The summed E-state index contributed by atoms with van der Waals surface area (Å²) in [5.74, 6) is 1.33. The molecule has 0 aliphatic heterocycles. The molecule has 0 bridgehead atoms. The van der Waals surface area contributed by atoms with Crippen LogP contribution in [0, 0.1) is 0 Å². The number of aromatic nitrogens is 4. The van der Waals surface area contributed by atoms with Gasteiger partial charge in [-0.25, -0.2) is 0 Å². The Labute approximate surface area is 179 Å². The minimum absolute atomic E-state index is 0.121. The molecule has 0 saturated heterocycles. The molecule has 0 atom stereocenters. The van der Waals surface area contributed by atoms with E-state index >= 15 is 0 Å². The van der Waals surface area contributed by atoms with Crippen LogP contribution < -0.4 is 10.5 Å². The number of carbonyl (C=O) groups is 1. The third kappa shape index (κ3) is 2.88. The average Bonchev–Trinajstić information content (AvgIpc) is 3.45. The molecule has 1 saturated carbocycles.